The molecule has 0 atom stereocenters. The largest absolute Gasteiger partial charge is 0.484 e. The average Bonchev–Trinajstić information content (AvgIpc) is 2.57. The zero-order chi connectivity index (χ0) is 17.5. The molecule has 8 heteroatoms. The molecule has 0 aliphatic heterocycles. The van der Waals surface area contributed by atoms with Gasteiger partial charge in [0, 0.05) is 14.1 Å². The molecule has 0 saturated carbocycles. The molecule has 0 aliphatic rings. The number of amides is 1. The first-order valence-electron chi connectivity index (χ1n) is 7.40. The number of rotatable bonds is 7. The first-order valence-corrected chi connectivity index (χ1v) is 7.40. The van der Waals surface area contributed by atoms with Crippen molar-refractivity contribution in [3.63, 3.8) is 0 Å². The van der Waals surface area contributed by atoms with Gasteiger partial charge in [0.05, 0.1) is 13.7 Å². The summed E-state index contributed by atoms with van der Waals surface area (Å²) in [5, 5.41) is 2.71. The maximum Gasteiger partial charge on any atom is 0.321 e. The Labute approximate surface area is 140 Å². The molecule has 2 rings (SSSR count). The van der Waals surface area contributed by atoms with E-state index in [1.54, 1.807) is 11.0 Å². The van der Waals surface area contributed by atoms with Crippen LogP contribution in [0.15, 0.2) is 24.3 Å². The minimum absolute atomic E-state index is 0.0772. The van der Waals surface area contributed by atoms with E-state index >= 15 is 0 Å². The van der Waals surface area contributed by atoms with Crippen LogP contribution in [-0.2, 0) is 11.3 Å². The van der Waals surface area contributed by atoms with Crippen molar-refractivity contribution >= 4 is 11.9 Å². The summed E-state index contributed by atoms with van der Waals surface area (Å²) in [4.78, 5) is 26.1. The highest BCUT2D eigenvalue weighted by Crippen LogP contribution is 2.12. The summed E-state index contributed by atoms with van der Waals surface area (Å²) in [5.41, 5.74) is 1.07. The van der Waals surface area contributed by atoms with E-state index in [0.29, 0.717) is 17.5 Å². The van der Waals surface area contributed by atoms with Gasteiger partial charge in [-0.25, -0.2) is 0 Å². The highest BCUT2D eigenvalue weighted by atomic mass is 16.5. The Bertz CT molecular complexity index is 706. The Morgan fingerprint density at radius 1 is 1.25 bits per heavy atom. The third-order valence-electron chi connectivity index (χ3n) is 3.04. The molecule has 1 N–H and O–H groups in total. The van der Waals surface area contributed by atoms with Gasteiger partial charge < -0.3 is 19.7 Å². The van der Waals surface area contributed by atoms with Gasteiger partial charge >= 0.3 is 6.01 Å². The predicted molar refractivity (Wildman–Crippen MR) is 89.2 cm³/mol. The maximum absolute atomic E-state index is 11.9. The van der Waals surface area contributed by atoms with Gasteiger partial charge in [-0.15, -0.1) is 0 Å². The Kier molecular flexibility index (Phi) is 5.89. The van der Waals surface area contributed by atoms with Crippen molar-refractivity contribution in [2.75, 3.05) is 32.7 Å². The molecule has 24 heavy (non-hydrogen) atoms. The summed E-state index contributed by atoms with van der Waals surface area (Å²) in [6.07, 6.45) is 0. The minimum atomic E-state index is -0.262. The number of aromatic nitrogens is 3. The van der Waals surface area contributed by atoms with Crippen LogP contribution in [0.1, 0.15) is 11.4 Å². The molecule has 0 radical (unpaired) electrons. The SMILES string of the molecule is COc1nc(CNC(=O)COc2cccc(C)c2)nc(N(C)C)n1. The van der Waals surface area contributed by atoms with Crippen LogP contribution in [0.4, 0.5) is 5.95 Å². The van der Waals surface area contributed by atoms with Crippen molar-refractivity contribution in [3.8, 4) is 11.8 Å². The third-order valence-corrected chi connectivity index (χ3v) is 3.04. The number of carbonyl (C=O) groups excluding carboxylic acids is 1. The second kappa shape index (κ2) is 8.09. The number of nitrogens with one attached hydrogen (secondary N) is 1. The quantitative estimate of drug-likeness (QED) is 0.808. The molecule has 1 aromatic heterocycles. The highest BCUT2D eigenvalue weighted by molar-refractivity contribution is 5.77. The average molecular weight is 331 g/mol. The maximum atomic E-state index is 11.9. The molecule has 0 bridgehead atoms. The first kappa shape index (κ1) is 17.5. The van der Waals surface area contributed by atoms with Crippen molar-refractivity contribution in [3.05, 3.63) is 35.7 Å². The molecule has 1 aromatic carbocycles. The first-order chi connectivity index (χ1) is 11.5. The summed E-state index contributed by atoms with van der Waals surface area (Å²) >= 11 is 0. The van der Waals surface area contributed by atoms with Gasteiger partial charge in [0.15, 0.2) is 12.4 Å². The topological polar surface area (TPSA) is 89.5 Å². The van der Waals surface area contributed by atoms with Crippen LogP contribution in [0.5, 0.6) is 11.8 Å². The smallest absolute Gasteiger partial charge is 0.321 e. The van der Waals surface area contributed by atoms with Crippen molar-refractivity contribution in [2.24, 2.45) is 0 Å². The van der Waals surface area contributed by atoms with E-state index in [2.05, 4.69) is 20.3 Å². The lowest BCUT2D eigenvalue weighted by Crippen LogP contribution is -2.29. The van der Waals surface area contributed by atoms with E-state index in [9.17, 15) is 4.79 Å². The van der Waals surface area contributed by atoms with Crippen LogP contribution >= 0.6 is 0 Å². The van der Waals surface area contributed by atoms with Crippen LogP contribution in [0.25, 0.3) is 0 Å². The highest BCUT2D eigenvalue weighted by Gasteiger charge is 2.10. The molecule has 0 saturated heterocycles. The van der Waals surface area contributed by atoms with Crippen LogP contribution in [-0.4, -0.2) is 48.7 Å². The number of carbonyl (C=O) groups is 1. The zero-order valence-electron chi connectivity index (χ0n) is 14.2. The zero-order valence-corrected chi connectivity index (χ0v) is 14.2. The molecule has 0 aliphatic carbocycles. The summed E-state index contributed by atoms with van der Waals surface area (Å²) in [5.74, 6) is 1.26. The molecule has 1 heterocycles. The van der Waals surface area contributed by atoms with Crippen LogP contribution in [0, 0.1) is 6.92 Å². The van der Waals surface area contributed by atoms with Crippen molar-refractivity contribution in [2.45, 2.75) is 13.5 Å². The van der Waals surface area contributed by atoms with Gasteiger partial charge in [0.25, 0.3) is 5.91 Å². The molecular formula is C16H21N5O3. The molecule has 1 amide bonds. The fraction of sp³-hybridized carbons (Fsp3) is 0.375. The number of nitrogens with zero attached hydrogens (tertiary/aromatic N) is 4. The summed E-state index contributed by atoms with van der Waals surface area (Å²) < 4.78 is 10.5. The van der Waals surface area contributed by atoms with Gasteiger partial charge in [0.1, 0.15) is 5.75 Å². The number of hydrogen-bond donors (Lipinski definition) is 1. The van der Waals surface area contributed by atoms with Crippen LogP contribution in [0.2, 0.25) is 0 Å². The van der Waals surface area contributed by atoms with Gasteiger partial charge in [-0.3, -0.25) is 4.79 Å². The molecule has 0 spiro atoms. The van der Waals surface area contributed by atoms with E-state index < -0.39 is 0 Å². The number of ether oxygens (including phenoxy) is 2. The summed E-state index contributed by atoms with van der Waals surface area (Å²) in [7, 11) is 5.10. The second-order valence-electron chi connectivity index (χ2n) is 5.31. The molecule has 0 fully saturated rings. The fourth-order valence-corrected chi connectivity index (χ4v) is 1.84. The van der Waals surface area contributed by atoms with Gasteiger partial charge in [0.2, 0.25) is 5.95 Å². The number of aryl methyl sites for hydroxylation is 1. The molecule has 128 valence electrons. The van der Waals surface area contributed by atoms with E-state index in [1.807, 2.05) is 39.2 Å². The molecule has 2 aromatic rings. The monoisotopic (exact) mass is 331 g/mol. The Balaban J connectivity index is 1.90. The Morgan fingerprint density at radius 2 is 2.04 bits per heavy atom. The number of methoxy groups -OCH3 is 1. The normalized spacial score (nSPS) is 10.2. The van der Waals surface area contributed by atoms with E-state index in [1.165, 1.54) is 7.11 Å². The van der Waals surface area contributed by atoms with Crippen molar-refractivity contribution in [1.29, 1.82) is 0 Å². The van der Waals surface area contributed by atoms with E-state index in [4.69, 9.17) is 9.47 Å². The van der Waals surface area contributed by atoms with Gasteiger partial charge in [-0.2, -0.15) is 15.0 Å². The number of anilines is 1. The lowest BCUT2D eigenvalue weighted by Gasteiger charge is -2.12. The second-order valence-corrected chi connectivity index (χ2v) is 5.31. The number of benzene rings is 1. The van der Waals surface area contributed by atoms with Crippen LogP contribution in [0.3, 0.4) is 0 Å². The third kappa shape index (κ3) is 5.08. The van der Waals surface area contributed by atoms with Crippen molar-refractivity contribution < 1.29 is 14.3 Å². The molecule has 0 unspecified atom stereocenters. The van der Waals surface area contributed by atoms with E-state index in [0.717, 1.165) is 5.56 Å². The van der Waals surface area contributed by atoms with Gasteiger partial charge in [-0.1, -0.05) is 12.1 Å². The summed E-state index contributed by atoms with van der Waals surface area (Å²) in [6, 6.07) is 7.72. The number of hydrogen-bond acceptors (Lipinski definition) is 7. The standard InChI is InChI=1S/C16H21N5O3/c1-11-6-5-7-12(8-11)24-10-14(22)17-9-13-18-15(21(2)3)20-16(19-13)23-4/h5-8H,9-10H2,1-4H3,(H,17,22). The lowest BCUT2D eigenvalue weighted by molar-refractivity contribution is -0.123. The van der Waals surface area contributed by atoms with E-state index in [-0.39, 0.29) is 25.1 Å². The fourth-order valence-electron chi connectivity index (χ4n) is 1.84. The minimum Gasteiger partial charge on any atom is -0.484 e. The Morgan fingerprint density at radius 3 is 2.71 bits per heavy atom. The molecular weight excluding hydrogens is 310 g/mol. The Hall–Kier alpha value is -2.90. The van der Waals surface area contributed by atoms with Crippen molar-refractivity contribution in [1.82, 2.24) is 20.3 Å². The van der Waals surface area contributed by atoms with Crippen LogP contribution < -0.4 is 19.7 Å². The summed E-state index contributed by atoms with van der Waals surface area (Å²) in [6.45, 7) is 2.05. The predicted octanol–water partition coefficient (Wildman–Crippen LogP) is 0.950. The lowest BCUT2D eigenvalue weighted by atomic mass is 10.2. The molecule has 8 nitrogen and oxygen atoms in total. The van der Waals surface area contributed by atoms with Gasteiger partial charge in [-0.05, 0) is 24.6 Å².